The Labute approximate surface area is 78.4 Å². The average molecular weight is 177 g/mol. The Kier molecular flexibility index (Phi) is 2.04. The van der Waals surface area contributed by atoms with E-state index in [0.29, 0.717) is 5.41 Å². The number of aromatic nitrogens is 2. The van der Waals surface area contributed by atoms with Gasteiger partial charge in [-0.25, -0.2) is 9.97 Å². The van der Waals surface area contributed by atoms with E-state index in [0.717, 1.165) is 18.7 Å². The molecular formula is C10H15N3. The Bertz CT molecular complexity index is 305. The molecule has 0 bridgehead atoms. The van der Waals surface area contributed by atoms with Gasteiger partial charge in [-0.3, -0.25) is 0 Å². The van der Waals surface area contributed by atoms with Crippen molar-refractivity contribution in [1.29, 1.82) is 0 Å². The first kappa shape index (κ1) is 8.63. The molecule has 1 fully saturated rings. The van der Waals surface area contributed by atoms with E-state index in [1.807, 2.05) is 13.1 Å². The van der Waals surface area contributed by atoms with Gasteiger partial charge in [0.25, 0.3) is 0 Å². The number of rotatable bonds is 3. The molecule has 0 radical (unpaired) electrons. The summed E-state index contributed by atoms with van der Waals surface area (Å²) in [4.78, 5) is 8.30. The molecule has 3 heteroatoms. The van der Waals surface area contributed by atoms with Gasteiger partial charge >= 0.3 is 0 Å². The number of nitrogens with two attached hydrogens (primary N) is 1. The molecule has 0 spiro atoms. The van der Waals surface area contributed by atoms with Crippen molar-refractivity contribution in [3.8, 4) is 0 Å². The first-order valence-corrected chi connectivity index (χ1v) is 4.76. The summed E-state index contributed by atoms with van der Waals surface area (Å²) >= 11 is 0. The largest absolute Gasteiger partial charge is 0.330 e. The molecule has 70 valence electrons. The summed E-state index contributed by atoms with van der Waals surface area (Å²) in [7, 11) is 0. The summed E-state index contributed by atoms with van der Waals surface area (Å²) in [5.41, 5.74) is 8.35. The van der Waals surface area contributed by atoms with Crippen LogP contribution in [0.5, 0.6) is 0 Å². The van der Waals surface area contributed by atoms with Gasteiger partial charge in [-0.2, -0.15) is 0 Å². The molecule has 13 heavy (non-hydrogen) atoms. The minimum Gasteiger partial charge on any atom is -0.330 e. The van der Waals surface area contributed by atoms with Crippen LogP contribution in [0.1, 0.15) is 30.5 Å². The highest BCUT2D eigenvalue weighted by Crippen LogP contribution is 2.51. The molecular weight excluding hydrogens is 162 g/mol. The molecule has 0 amide bonds. The van der Waals surface area contributed by atoms with E-state index in [1.54, 1.807) is 6.33 Å². The highest BCUT2D eigenvalue weighted by Gasteiger charge is 2.44. The van der Waals surface area contributed by atoms with Crippen LogP contribution < -0.4 is 5.73 Å². The van der Waals surface area contributed by atoms with Gasteiger partial charge in [-0.05, 0) is 43.7 Å². The van der Waals surface area contributed by atoms with Crippen LogP contribution in [-0.4, -0.2) is 16.5 Å². The van der Waals surface area contributed by atoms with E-state index < -0.39 is 0 Å². The van der Waals surface area contributed by atoms with Gasteiger partial charge in [0.1, 0.15) is 6.33 Å². The van der Waals surface area contributed by atoms with Crippen molar-refractivity contribution < 1.29 is 0 Å². The van der Waals surface area contributed by atoms with Crippen molar-refractivity contribution in [2.24, 2.45) is 5.73 Å². The first-order chi connectivity index (χ1) is 6.28. The highest BCUT2D eigenvalue weighted by molar-refractivity contribution is 5.31. The quantitative estimate of drug-likeness (QED) is 0.754. The summed E-state index contributed by atoms with van der Waals surface area (Å²) in [6.07, 6.45) is 7.13. The lowest BCUT2D eigenvalue weighted by atomic mass is 9.93. The van der Waals surface area contributed by atoms with Crippen molar-refractivity contribution >= 4 is 0 Å². The number of hydrogen-bond donors (Lipinski definition) is 1. The molecule has 1 aliphatic carbocycles. The lowest BCUT2D eigenvalue weighted by molar-refractivity contribution is 0.618. The van der Waals surface area contributed by atoms with Crippen LogP contribution in [0.3, 0.4) is 0 Å². The summed E-state index contributed by atoms with van der Waals surface area (Å²) in [5.74, 6) is 0. The molecule has 3 nitrogen and oxygen atoms in total. The smallest absolute Gasteiger partial charge is 0.115 e. The zero-order chi connectivity index (χ0) is 9.31. The fraction of sp³-hybridized carbons (Fsp3) is 0.600. The lowest BCUT2D eigenvalue weighted by Gasteiger charge is -2.15. The first-order valence-electron chi connectivity index (χ1n) is 4.76. The van der Waals surface area contributed by atoms with Crippen LogP contribution in [0, 0.1) is 6.92 Å². The Morgan fingerprint density at radius 3 is 2.85 bits per heavy atom. The van der Waals surface area contributed by atoms with Crippen LogP contribution in [0.4, 0.5) is 0 Å². The second-order valence-corrected chi connectivity index (χ2v) is 3.84. The van der Waals surface area contributed by atoms with Crippen LogP contribution in [0.15, 0.2) is 12.5 Å². The maximum absolute atomic E-state index is 5.60. The van der Waals surface area contributed by atoms with E-state index in [2.05, 4.69) is 9.97 Å². The lowest BCUT2D eigenvalue weighted by Crippen LogP contribution is -2.15. The van der Waals surface area contributed by atoms with Gasteiger partial charge in [0.15, 0.2) is 0 Å². The van der Waals surface area contributed by atoms with Gasteiger partial charge in [0.05, 0.1) is 0 Å². The number of aryl methyl sites for hydroxylation is 1. The minimum atomic E-state index is 0.333. The Balaban J connectivity index is 2.30. The maximum atomic E-state index is 5.60. The normalized spacial score (nSPS) is 18.6. The minimum absolute atomic E-state index is 0.333. The van der Waals surface area contributed by atoms with Crippen LogP contribution in [0.25, 0.3) is 0 Å². The summed E-state index contributed by atoms with van der Waals surface area (Å²) in [5, 5.41) is 0. The third kappa shape index (κ3) is 1.44. The Morgan fingerprint density at radius 1 is 1.54 bits per heavy atom. The molecule has 1 saturated carbocycles. The molecule has 1 heterocycles. The second kappa shape index (κ2) is 3.07. The van der Waals surface area contributed by atoms with Crippen LogP contribution >= 0.6 is 0 Å². The topological polar surface area (TPSA) is 51.8 Å². The Hall–Kier alpha value is -0.960. The monoisotopic (exact) mass is 177 g/mol. The summed E-state index contributed by atoms with van der Waals surface area (Å²) in [6, 6.07) is 0. The second-order valence-electron chi connectivity index (χ2n) is 3.84. The van der Waals surface area contributed by atoms with Crippen molar-refractivity contribution in [2.75, 3.05) is 6.54 Å². The van der Waals surface area contributed by atoms with Crippen molar-refractivity contribution in [1.82, 2.24) is 9.97 Å². The fourth-order valence-corrected chi connectivity index (χ4v) is 1.99. The predicted molar refractivity (Wildman–Crippen MR) is 51.4 cm³/mol. The van der Waals surface area contributed by atoms with Crippen LogP contribution in [-0.2, 0) is 5.41 Å². The summed E-state index contributed by atoms with van der Waals surface area (Å²) in [6.45, 7) is 2.81. The highest BCUT2D eigenvalue weighted by atomic mass is 14.8. The molecule has 2 N–H and O–H groups in total. The van der Waals surface area contributed by atoms with E-state index in [9.17, 15) is 0 Å². The maximum Gasteiger partial charge on any atom is 0.115 e. The Morgan fingerprint density at radius 2 is 2.31 bits per heavy atom. The van der Waals surface area contributed by atoms with E-state index in [-0.39, 0.29) is 0 Å². The molecule has 0 aliphatic heterocycles. The van der Waals surface area contributed by atoms with Crippen molar-refractivity contribution in [3.63, 3.8) is 0 Å². The van der Waals surface area contributed by atoms with Crippen molar-refractivity contribution in [3.05, 3.63) is 23.8 Å². The third-order valence-corrected chi connectivity index (χ3v) is 2.96. The molecule has 0 saturated heterocycles. The number of nitrogens with zero attached hydrogens (tertiary/aromatic N) is 2. The molecule has 1 aliphatic rings. The van der Waals surface area contributed by atoms with E-state index >= 15 is 0 Å². The van der Waals surface area contributed by atoms with Gasteiger partial charge in [-0.15, -0.1) is 0 Å². The van der Waals surface area contributed by atoms with Gasteiger partial charge in [0, 0.05) is 11.9 Å². The SMILES string of the molecule is Cc1ncncc1C1(CCN)CC1. The van der Waals surface area contributed by atoms with Gasteiger partial charge < -0.3 is 5.73 Å². The molecule has 0 atom stereocenters. The van der Waals surface area contributed by atoms with Crippen LogP contribution in [0.2, 0.25) is 0 Å². The average Bonchev–Trinajstić information content (AvgIpc) is 2.87. The molecule has 0 unspecified atom stereocenters. The predicted octanol–water partition coefficient (Wildman–Crippen LogP) is 1.17. The molecule has 1 aromatic heterocycles. The standard InChI is InChI=1S/C10H15N3/c1-8-9(6-12-7-13-8)10(2-3-10)4-5-11/h6-7H,2-5,11H2,1H3. The zero-order valence-corrected chi connectivity index (χ0v) is 7.95. The third-order valence-electron chi connectivity index (χ3n) is 2.96. The fourth-order valence-electron chi connectivity index (χ4n) is 1.99. The molecule has 2 rings (SSSR count). The number of hydrogen-bond acceptors (Lipinski definition) is 3. The molecule has 1 aromatic rings. The summed E-state index contributed by atoms with van der Waals surface area (Å²) < 4.78 is 0. The van der Waals surface area contributed by atoms with E-state index in [1.165, 1.54) is 18.4 Å². The van der Waals surface area contributed by atoms with Gasteiger partial charge in [0.2, 0.25) is 0 Å². The van der Waals surface area contributed by atoms with Gasteiger partial charge in [-0.1, -0.05) is 0 Å². The van der Waals surface area contributed by atoms with E-state index in [4.69, 9.17) is 5.73 Å². The van der Waals surface area contributed by atoms with Crippen molar-refractivity contribution in [2.45, 2.75) is 31.6 Å². The zero-order valence-electron chi connectivity index (χ0n) is 7.95. The molecule has 0 aromatic carbocycles.